The maximum Gasteiger partial charge on any atom is 0.340 e. The first-order valence-corrected chi connectivity index (χ1v) is 6.82. The molecule has 0 aliphatic rings. The maximum atomic E-state index is 12.0. The third kappa shape index (κ3) is 3.24. The van der Waals surface area contributed by atoms with Crippen molar-refractivity contribution in [3.63, 3.8) is 0 Å². The molecule has 1 aromatic carbocycles. The van der Waals surface area contributed by atoms with Crippen LogP contribution in [0.2, 0.25) is 5.15 Å². The van der Waals surface area contributed by atoms with Gasteiger partial charge in [-0.1, -0.05) is 55.6 Å². The van der Waals surface area contributed by atoms with Gasteiger partial charge in [-0.3, -0.25) is 0 Å². The molecule has 4 heteroatoms. The number of ether oxygens (including phenoxy) is 1. The summed E-state index contributed by atoms with van der Waals surface area (Å²) in [4.78, 5) is 16.1. The number of nitrogens with zero attached hydrogens (tertiary/aromatic N) is 1. The molecule has 19 heavy (non-hydrogen) atoms. The summed E-state index contributed by atoms with van der Waals surface area (Å²) in [5, 5.41) is 1.95. The molecule has 0 saturated heterocycles. The maximum absolute atomic E-state index is 12.0. The van der Waals surface area contributed by atoms with Gasteiger partial charge in [0, 0.05) is 17.0 Å². The first-order chi connectivity index (χ1) is 9.24. The molecule has 0 bridgehead atoms. The topological polar surface area (TPSA) is 39.2 Å². The Morgan fingerprint density at radius 1 is 1.26 bits per heavy atom. The summed E-state index contributed by atoms with van der Waals surface area (Å²) < 4.78 is 5.26. The Bertz CT molecular complexity index is 583. The van der Waals surface area contributed by atoms with E-state index in [0.717, 1.165) is 30.0 Å². The molecule has 0 fully saturated rings. The zero-order valence-electron chi connectivity index (χ0n) is 10.9. The number of carbonyl (C=O) groups is 1. The number of rotatable bonds is 5. The van der Waals surface area contributed by atoms with Gasteiger partial charge in [-0.15, -0.1) is 0 Å². The summed E-state index contributed by atoms with van der Waals surface area (Å²) in [7, 11) is 0. The molecule has 0 atom stereocenters. The second kappa shape index (κ2) is 6.53. The number of hydrogen-bond acceptors (Lipinski definition) is 3. The molecule has 0 aliphatic carbocycles. The van der Waals surface area contributed by atoms with Crippen LogP contribution in [0.5, 0.6) is 0 Å². The Morgan fingerprint density at radius 3 is 2.74 bits per heavy atom. The van der Waals surface area contributed by atoms with E-state index in [9.17, 15) is 4.79 Å². The van der Waals surface area contributed by atoms with Gasteiger partial charge in [0.05, 0.1) is 12.2 Å². The van der Waals surface area contributed by atoms with E-state index in [1.165, 1.54) is 6.20 Å². The lowest BCUT2D eigenvalue weighted by atomic mass is 10.1. The largest absolute Gasteiger partial charge is 0.462 e. The smallest absolute Gasteiger partial charge is 0.340 e. The fraction of sp³-hybridized carbons (Fsp3) is 0.333. The molecule has 3 nitrogen and oxygen atoms in total. The molecule has 0 N–H and O–H groups in total. The normalized spacial score (nSPS) is 10.6. The van der Waals surface area contributed by atoms with Crippen LogP contribution in [-0.4, -0.2) is 17.6 Å². The van der Waals surface area contributed by atoms with Crippen LogP contribution < -0.4 is 0 Å². The number of fused-ring (bicyclic) bond motifs is 1. The van der Waals surface area contributed by atoms with Crippen LogP contribution in [0.1, 0.15) is 36.5 Å². The second-order valence-corrected chi connectivity index (χ2v) is 4.71. The molecule has 0 spiro atoms. The van der Waals surface area contributed by atoms with Gasteiger partial charge in [-0.05, 0) is 6.42 Å². The number of unbranched alkanes of at least 4 members (excludes halogenated alkanes) is 2. The average Bonchev–Trinajstić information content (AvgIpc) is 2.44. The molecule has 100 valence electrons. The highest BCUT2D eigenvalue weighted by molar-refractivity contribution is 6.34. The third-order valence-corrected chi connectivity index (χ3v) is 3.25. The highest BCUT2D eigenvalue weighted by Gasteiger charge is 2.13. The Morgan fingerprint density at radius 2 is 2.00 bits per heavy atom. The van der Waals surface area contributed by atoms with Crippen molar-refractivity contribution in [2.75, 3.05) is 6.61 Å². The van der Waals surface area contributed by atoms with Crippen molar-refractivity contribution < 1.29 is 9.53 Å². The monoisotopic (exact) mass is 277 g/mol. The zero-order chi connectivity index (χ0) is 13.7. The zero-order valence-corrected chi connectivity index (χ0v) is 11.6. The third-order valence-electron chi connectivity index (χ3n) is 2.95. The molecule has 0 saturated carbocycles. The molecule has 0 unspecified atom stereocenters. The van der Waals surface area contributed by atoms with Crippen LogP contribution in [0, 0.1) is 0 Å². The molecular weight excluding hydrogens is 262 g/mol. The Hall–Kier alpha value is -1.61. The summed E-state index contributed by atoms with van der Waals surface area (Å²) in [6.45, 7) is 2.56. The first-order valence-electron chi connectivity index (χ1n) is 6.44. The number of carbonyl (C=O) groups excluding carboxylic acids is 1. The van der Waals surface area contributed by atoms with Gasteiger partial charge in [0.15, 0.2) is 0 Å². The molecule has 0 radical (unpaired) electrons. The van der Waals surface area contributed by atoms with E-state index in [1.807, 2.05) is 24.3 Å². The van der Waals surface area contributed by atoms with Gasteiger partial charge in [0.25, 0.3) is 0 Å². The number of halogens is 1. The SMILES string of the molecule is CCCCCOC(=O)c1cnc(Cl)c2ccccc12. The fourth-order valence-electron chi connectivity index (χ4n) is 1.92. The van der Waals surface area contributed by atoms with Crippen molar-refractivity contribution in [3.05, 3.63) is 41.2 Å². The van der Waals surface area contributed by atoms with E-state index in [4.69, 9.17) is 16.3 Å². The van der Waals surface area contributed by atoms with E-state index in [-0.39, 0.29) is 5.97 Å². The minimum atomic E-state index is -0.337. The average molecular weight is 278 g/mol. The summed E-state index contributed by atoms with van der Waals surface area (Å²) in [6, 6.07) is 7.43. The number of aromatic nitrogens is 1. The van der Waals surface area contributed by atoms with Crippen molar-refractivity contribution in [1.82, 2.24) is 4.98 Å². The van der Waals surface area contributed by atoms with Crippen molar-refractivity contribution in [1.29, 1.82) is 0 Å². The predicted octanol–water partition coefficient (Wildman–Crippen LogP) is 4.24. The van der Waals surface area contributed by atoms with Gasteiger partial charge < -0.3 is 4.74 Å². The minimum Gasteiger partial charge on any atom is -0.462 e. The molecule has 2 aromatic rings. The number of benzene rings is 1. The molecule has 0 amide bonds. The molecular formula is C15H16ClNO2. The van der Waals surface area contributed by atoms with Crippen molar-refractivity contribution in [3.8, 4) is 0 Å². The summed E-state index contributed by atoms with van der Waals surface area (Å²) in [5.74, 6) is -0.337. The van der Waals surface area contributed by atoms with Crippen LogP contribution in [0.25, 0.3) is 10.8 Å². The van der Waals surface area contributed by atoms with Crippen molar-refractivity contribution >= 4 is 28.3 Å². The predicted molar refractivity (Wildman–Crippen MR) is 76.6 cm³/mol. The number of hydrogen-bond donors (Lipinski definition) is 0. The van der Waals surface area contributed by atoms with Crippen LogP contribution in [-0.2, 0) is 4.74 Å². The lowest BCUT2D eigenvalue weighted by Gasteiger charge is -2.07. The van der Waals surface area contributed by atoms with E-state index in [2.05, 4.69) is 11.9 Å². The lowest BCUT2D eigenvalue weighted by Crippen LogP contribution is -2.07. The summed E-state index contributed by atoms with van der Waals surface area (Å²) in [6.07, 6.45) is 4.53. The number of pyridine rings is 1. The summed E-state index contributed by atoms with van der Waals surface area (Å²) in [5.41, 5.74) is 0.469. The van der Waals surface area contributed by atoms with Gasteiger partial charge in [-0.2, -0.15) is 0 Å². The molecule has 2 rings (SSSR count). The van der Waals surface area contributed by atoms with E-state index >= 15 is 0 Å². The van der Waals surface area contributed by atoms with Crippen LogP contribution in [0.15, 0.2) is 30.5 Å². The summed E-state index contributed by atoms with van der Waals surface area (Å²) >= 11 is 6.02. The van der Waals surface area contributed by atoms with Gasteiger partial charge >= 0.3 is 5.97 Å². The Balaban J connectivity index is 2.20. The van der Waals surface area contributed by atoms with E-state index in [1.54, 1.807) is 0 Å². The Kier molecular flexibility index (Phi) is 4.74. The van der Waals surface area contributed by atoms with Crippen LogP contribution >= 0.6 is 11.6 Å². The second-order valence-electron chi connectivity index (χ2n) is 4.35. The highest BCUT2D eigenvalue weighted by Crippen LogP contribution is 2.24. The molecule has 0 aliphatic heterocycles. The number of esters is 1. The van der Waals surface area contributed by atoms with E-state index < -0.39 is 0 Å². The van der Waals surface area contributed by atoms with Gasteiger partial charge in [-0.25, -0.2) is 9.78 Å². The van der Waals surface area contributed by atoms with Crippen LogP contribution in [0.4, 0.5) is 0 Å². The first kappa shape index (κ1) is 13.8. The van der Waals surface area contributed by atoms with Crippen molar-refractivity contribution in [2.45, 2.75) is 26.2 Å². The lowest BCUT2D eigenvalue weighted by molar-refractivity contribution is 0.0500. The molecule has 1 aromatic heterocycles. The quantitative estimate of drug-likeness (QED) is 0.466. The van der Waals surface area contributed by atoms with Crippen molar-refractivity contribution in [2.24, 2.45) is 0 Å². The standard InChI is InChI=1S/C15H16ClNO2/c1-2-3-6-9-19-15(18)13-10-17-14(16)12-8-5-4-7-11(12)13/h4-5,7-8,10H,2-3,6,9H2,1H3. The Labute approximate surface area is 117 Å². The van der Waals surface area contributed by atoms with Gasteiger partial charge in [0.2, 0.25) is 0 Å². The molecule has 1 heterocycles. The van der Waals surface area contributed by atoms with Gasteiger partial charge in [0.1, 0.15) is 5.15 Å². The van der Waals surface area contributed by atoms with E-state index in [0.29, 0.717) is 17.3 Å². The fourth-order valence-corrected chi connectivity index (χ4v) is 2.13. The highest BCUT2D eigenvalue weighted by atomic mass is 35.5. The van der Waals surface area contributed by atoms with Crippen LogP contribution in [0.3, 0.4) is 0 Å². The minimum absolute atomic E-state index is 0.337.